The third-order valence-electron chi connectivity index (χ3n) is 6.18. The maximum absolute atomic E-state index is 13.5. The molecule has 0 aliphatic carbocycles. The molecule has 3 atom stereocenters. The Labute approximate surface area is 252 Å². The van der Waals surface area contributed by atoms with Gasteiger partial charge >= 0.3 is 35.5 Å². The van der Waals surface area contributed by atoms with E-state index in [-0.39, 0.29) is 40.8 Å². The Morgan fingerprint density at radius 2 is 1.44 bits per heavy atom. The van der Waals surface area contributed by atoms with Gasteiger partial charge < -0.3 is 14.6 Å². The summed E-state index contributed by atoms with van der Waals surface area (Å²) in [4.78, 5) is 40.3. The predicted molar refractivity (Wildman–Crippen MR) is 141 cm³/mol. The molecule has 39 heavy (non-hydrogen) atoms. The van der Waals surface area contributed by atoms with Crippen LogP contribution in [0.2, 0.25) is 0 Å². The van der Waals surface area contributed by atoms with E-state index in [1.807, 2.05) is 67.6 Å². The summed E-state index contributed by atoms with van der Waals surface area (Å²) in [5.74, 6) is -2.16. The van der Waals surface area contributed by atoms with Crippen LogP contribution in [-0.2, 0) is 25.4 Å². The van der Waals surface area contributed by atoms with Crippen molar-refractivity contribution in [2.24, 2.45) is 0 Å². The molecule has 3 aromatic carbocycles. The summed E-state index contributed by atoms with van der Waals surface area (Å²) < 4.78 is 30.3. The summed E-state index contributed by atoms with van der Waals surface area (Å²) in [5, 5.41) is 1.02. The Hall–Kier alpha value is -3.08. The first-order valence-electron chi connectivity index (χ1n) is 12.0. The second kappa shape index (κ2) is 13.3. The number of benzene rings is 3. The summed E-state index contributed by atoms with van der Waals surface area (Å²) in [6.07, 6.45) is -0.788. The molecule has 1 aliphatic rings. The minimum Gasteiger partial charge on any atom is -0.771 e. The molecule has 1 saturated heterocycles. The molecule has 0 bridgehead atoms. The first-order valence-corrected chi connectivity index (χ1v) is 13.1. The van der Waals surface area contributed by atoms with Crippen LogP contribution in [0.25, 0.3) is 0 Å². The van der Waals surface area contributed by atoms with Crippen LogP contribution in [0.5, 0.6) is 0 Å². The van der Waals surface area contributed by atoms with E-state index in [1.54, 1.807) is 38.1 Å². The number of carbonyl (C=O) groups is 3. The Bertz CT molecular complexity index is 1350. The van der Waals surface area contributed by atoms with Crippen molar-refractivity contribution in [1.82, 2.24) is 10.2 Å². The first-order chi connectivity index (χ1) is 18.2. The molecule has 196 valence electrons. The van der Waals surface area contributed by atoms with E-state index in [0.717, 1.165) is 10.5 Å². The van der Waals surface area contributed by atoms with Crippen LogP contribution in [0.4, 0.5) is 0 Å². The number of hydrogen-bond acceptors (Lipinski definition) is 6. The van der Waals surface area contributed by atoms with E-state index in [1.165, 1.54) is 0 Å². The average molecular weight is 555 g/mol. The van der Waals surface area contributed by atoms with Crippen molar-refractivity contribution >= 4 is 28.9 Å². The largest absolute Gasteiger partial charge is 1.00 e. The first kappa shape index (κ1) is 30.5. The number of aryl methyl sites for hydroxylation is 1. The van der Waals surface area contributed by atoms with Crippen LogP contribution < -0.4 is 34.9 Å². The number of β-lactam (4-membered cyclic amide) rings is 1. The fourth-order valence-corrected chi connectivity index (χ4v) is 5.04. The second-order valence-electron chi connectivity index (χ2n) is 9.13. The smallest absolute Gasteiger partial charge is 0.771 e. The van der Waals surface area contributed by atoms with E-state index in [4.69, 9.17) is 4.74 Å². The van der Waals surface area contributed by atoms with Gasteiger partial charge in [0.25, 0.3) is 11.8 Å². The number of amides is 2. The summed E-state index contributed by atoms with van der Waals surface area (Å²) in [6, 6.07) is 23.5. The summed E-state index contributed by atoms with van der Waals surface area (Å²) in [6.45, 7) is 5.05. The van der Waals surface area contributed by atoms with Gasteiger partial charge in [0.1, 0.15) is 17.1 Å². The Morgan fingerprint density at radius 3 is 1.90 bits per heavy atom. The van der Waals surface area contributed by atoms with Gasteiger partial charge in [-0.3, -0.25) is 18.7 Å². The number of nitrogens with zero attached hydrogens (tertiary/aromatic N) is 1. The third kappa shape index (κ3) is 6.74. The van der Waals surface area contributed by atoms with Crippen LogP contribution in [0, 0.1) is 6.92 Å². The number of rotatable bonds is 8. The SMILES string of the molecule is CC(C)=C(C(=O)OC(c1ccccc1)c1ccccc1)N1C(=O)C(NC(=O)c2ccc(C)cc2)C1S(=O)[O-].[Na+]. The van der Waals surface area contributed by atoms with E-state index in [0.29, 0.717) is 16.7 Å². The summed E-state index contributed by atoms with van der Waals surface area (Å²) in [5.41, 5.74) is 2.86. The zero-order valence-corrected chi connectivity index (χ0v) is 24.9. The van der Waals surface area contributed by atoms with Crippen LogP contribution in [-0.4, -0.2) is 42.9 Å². The molecule has 1 heterocycles. The van der Waals surface area contributed by atoms with E-state index in [9.17, 15) is 23.1 Å². The van der Waals surface area contributed by atoms with Gasteiger partial charge in [-0.25, -0.2) is 4.79 Å². The zero-order chi connectivity index (χ0) is 27.4. The standard InChI is InChI=1S/C29H28N2O6S.Na/c1-18(2)24(29(34)37-25(20-10-6-4-7-11-20)21-12-8-5-9-13-21)31-27(33)23(28(31)38(35)36)30-26(32)22-16-14-19(3)15-17-22;/h4-17,23,25,28H,1-3H3,(H,30,32)(H,35,36);/q;+1/p-1. The molecule has 8 nitrogen and oxygen atoms in total. The van der Waals surface area contributed by atoms with Gasteiger partial charge in [0.2, 0.25) is 0 Å². The number of likely N-dealkylation sites (tertiary alicyclic amines) is 1. The van der Waals surface area contributed by atoms with Crippen LogP contribution in [0.1, 0.15) is 47.0 Å². The quantitative estimate of drug-likeness (QED) is 0.145. The van der Waals surface area contributed by atoms with Crippen molar-refractivity contribution in [3.8, 4) is 0 Å². The van der Waals surface area contributed by atoms with Gasteiger partial charge in [-0.1, -0.05) is 78.4 Å². The van der Waals surface area contributed by atoms with Crippen molar-refractivity contribution in [1.29, 1.82) is 0 Å². The molecular weight excluding hydrogens is 527 g/mol. The van der Waals surface area contributed by atoms with E-state index < -0.39 is 46.4 Å². The Kier molecular flexibility index (Phi) is 10.4. The molecule has 10 heteroatoms. The van der Waals surface area contributed by atoms with Crippen molar-refractivity contribution in [3.63, 3.8) is 0 Å². The molecule has 2 amide bonds. The molecule has 3 aromatic rings. The fraction of sp³-hybridized carbons (Fsp3) is 0.207. The second-order valence-corrected chi connectivity index (χ2v) is 10.1. The molecule has 0 aromatic heterocycles. The number of ether oxygens (including phenoxy) is 1. The fourth-order valence-electron chi connectivity index (χ4n) is 4.25. The summed E-state index contributed by atoms with van der Waals surface area (Å²) >= 11 is -2.82. The van der Waals surface area contributed by atoms with E-state index >= 15 is 0 Å². The topological polar surface area (TPSA) is 116 Å². The zero-order valence-electron chi connectivity index (χ0n) is 22.1. The van der Waals surface area contributed by atoms with Crippen LogP contribution in [0.3, 0.4) is 0 Å². The molecule has 0 radical (unpaired) electrons. The number of nitrogens with one attached hydrogen (secondary N) is 1. The van der Waals surface area contributed by atoms with Gasteiger partial charge in [0.05, 0.1) is 0 Å². The van der Waals surface area contributed by atoms with Crippen molar-refractivity contribution < 1.29 is 57.4 Å². The summed E-state index contributed by atoms with van der Waals surface area (Å²) in [7, 11) is 0. The van der Waals surface area contributed by atoms with Gasteiger partial charge in [0.15, 0.2) is 6.10 Å². The number of carbonyl (C=O) groups excluding carboxylic acids is 3. The molecule has 0 saturated carbocycles. The molecule has 1 aliphatic heterocycles. The third-order valence-corrected chi connectivity index (χ3v) is 7.06. The van der Waals surface area contributed by atoms with Gasteiger partial charge in [-0.2, -0.15) is 0 Å². The van der Waals surface area contributed by atoms with E-state index in [2.05, 4.69) is 5.32 Å². The molecule has 4 rings (SSSR count). The van der Waals surface area contributed by atoms with Crippen LogP contribution >= 0.6 is 0 Å². The molecule has 1 N–H and O–H groups in total. The Balaban J connectivity index is 0.00000420. The van der Waals surface area contributed by atoms with Gasteiger partial charge in [0, 0.05) is 5.56 Å². The van der Waals surface area contributed by atoms with Gasteiger partial charge in [-0.15, -0.1) is 0 Å². The number of allylic oxidation sites excluding steroid dienone is 1. The maximum Gasteiger partial charge on any atom is 1.00 e. The monoisotopic (exact) mass is 554 g/mol. The minimum atomic E-state index is -2.82. The van der Waals surface area contributed by atoms with Crippen molar-refractivity contribution in [2.75, 3.05) is 0 Å². The number of esters is 1. The molecular formula is C29H27N2NaO6S. The predicted octanol–water partition coefficient (Wildman–Crippen LogP) is 0.772. The van der Waals surface area contributed by atoms with Crippen LogP contribution in [0.15, 0.2) is 96.2 Å². The normalized spacial score (nSPS) is 16.9. The average Bonchev–Trinajstić information content (AvgIpc) is 2.91. The number of hydrogen-bond donors (Lipinski definition) is 1. The minimum absolute atomic E-state index is 0. The molecule has 0 spiro atoms. The van der Waals surface area contributed by atoms with Gasteiger partial charge in [-0.05, 0) is 60.7 Å². The van der Waals surface area contributed by atoms with Crippen molar-refractivity contribution in [3.05, 3.63) is 118 Å². The Morgan fingerprint density at radius 1 is 0.923 bits per heavy atom. The molecule has 1 fully saturated rings. The van der Waals surface area contributed by atoms with Crippen molar-refractivity contribution in [2.45, 2.75) is 38.3 Å². The maximum atomic E-state index is 13.5. The molecule has 3 unspecified atom stereocenters.